The van der Waals surface area contributed by atoms with E-state index in [4.69, 9.17) is 0 Å². The Morgan fingerprint density at radius 2 is 1.65 bits per heavy atom. The third-order valence-electron chi connectivity index (χ3n) is 6.28. The van der Waals surface area contributed by atoms with Gasteiger partial charge < -0.3 is 19.7 Å². The van der Waals surface area contributed by atoms with Crippen molar-refractivity contribution >= 4 is 6.09 Å². The topological polar surface area (TPSA) is 82.8 Å². The lowest BCUT2D eigenvalue weighted by Crippen LogP contribution is -2.34. The number of amides is 1. The number of pyridine rings is 1. The van der Waals surface area contributed by atoms with Crippen LogP contribution in [0.15, 0.2) is 77.7 Å². The van der Waals surface area contributed by atoms with E-state index in [9.17, 15) is 19.8 Å². The number of hydrogen-bond donors (Lipinski definition) is 2. The Hall–Kier alpha value is -3.38. The summed E-state index contributed by atoms with van der Waals surface area (Å²) in [6.45, 7) is 5.80. The smallest absolute Gasteiger partial charge is 0.407 e. The summed E-state index contributed by atoms with van der Waals surface area (Å²) in [5.41, 5.74) is 2.79. The van der Waals surface area contributed by atoms with Crippen molar-refractivity contribution in [2.24, 2.45) is 7.05 Å². The molecule has 0 spiro atoms. The van der Waals surface area contributed by atoms with E-state index in [-0.39, 0.29) is 17.5 Å². The fourth-order valence-electron chi connectivity index (χ4n) is 4.33. The lowest BCUT2D eigenvalue weighted by Gasteiger charge is -2.31. The molecule has 2 aromatic carbocycles. The molecule has 0 aliphatic carbocycles. The van der Waals surface area contributed by atoms with Crippen LogP contribution in [0.3, 0.4) is 0 Å². The van der Waals surface area contributed by atoms with E-state index >= 15 is 0 Å². The highest BCUT2D eigenvalue weighted by atomic mass is 16.4. The van der Waals surface area contributed by atoms with Gasteiger partial charge in [0.25, 0.3) is 5.56 Å². The van der Waals surface area contributed by atoms with Crippen molar-refractivity contribution in [1.82, 2.24) is 9.47 Å². The minimum Gasteiger partial charge on any atom is -0.465 e. The van der Waals surface area contributed by atoms with Crippen molar-refractivity contribution in [2.75, 3.05) is 6.54 Å². The molecule has 0 saturated carbocycles. The summed E-state index contributed by atoms with van der Waals surface area (Å²) in [7, 11) is 1.71. The van der Waals surface area contributed by atoms with Crippen molar-refractivity contribution in [3.63, 3.8) is 0 Å². The first-order valence-electron chi connectivity index (χ1n) is 11.6. The Bertz CT molecular complexity index is 1150. The minimum absolute atomic E-state index is 0.0401. The summed E-state index contributed by atoms with van der Waals surface area (Å²) in [6.07, 6.45) is 1.91. The molecular formula is C28H34N2O4. The van der Waals surface area contributed by atoms with Crippen molar-refractivity contribution in [3.8, 4) is 11.1 Å². The molecule has 34 heavy (non-hydrogen) atoms. The summed E-state index contributed by atoms with van der Waals surface area (Å²) in [6, 6.07) is 20.7. The van der Waals surface area contributed by atoms with Gasteiger partial charge in [-0.2, -0.15) is 0 Å². The van der Waals surface area contributed by atoms with E-state index < -0.39 is 11.7 Å². The predicted molar refractivity (Wildman–Crippen MR) is 135 cm³/mol. The number of aryl methyl sites for hydroxylation is 1. The van der Waals surface area contributed by atoms with Gasteiger partial charge >= 0.3 is 6.09 Å². The normalized spacial score (nSPS) is 13.3. The highest BCUT2D eigenvalue weighted by Gasteiger charge is 2.26. The zero-order valence-corrected chi connectivity index (χ0v) is 20.3. The van der Waals surface area contributed by atoms with Crippen LogP contribution in [-0.2, 0) is 7.05 Å². The lowest BCUT2D eigenvalue weighted by atomic mass is 9.85. The summed E-state index contributed by atoms with van der Waals surface area (Å²) >= 11 is 0. The second-order valence-corrected chi connectivity index (χ2v) is 9.55. The van der Waals surface area contributed by atoms with Crippen LogP contribution in [0.2, 0.25) is 0 Å². The maximum atomic E-state index is 12.1. The monoisotopic (exact) mass is 462 g/mol. The molecule has 2 N–H and O–H groups in total. The van der Waals surface area contributed by atoms with Gasteiger partial charge in [0, 0.05) is 25.9 Å². The molecule has 3 aromatic rings. The summed E-state index contributed by atoms with van der Waals surface area (Å²) < 4.78 is 1.52. The molecule has 1 aromatic heterocycles. The van der Waals surface area contributed by atoms with Gasteiger partial charge in [-0.05, 0) is 67.9 Å². The Morgan fingerprint density at radius 3 is 2.21 bits per heavy atom. The molecule has 0 unspecified atom stereocenters. The Balaban J connectivity index is 1.76. The van der Waals surface area contributed by atoms with Gasteiger partial charge in [-0.25, -0.2) is 4.79 Å². The summed E-state index contributed by atoms with van der Waals surface area (Å²) in [4.78, 5) is 25.5. The highest BCUT2D eigenvalue weighted by molar-refractivity contribution is 5.66. The number of nitrogens with zero attached hydrogens (tertiary/aromatic N) is 2. The fraction of sp³-hybridized carbons (Fsp3) is 0.357. The molecule has 0 radical (unpaired) electrons. The van der Waals surface area contributed by atoms with E-state index in [1.54, 1.807) is 33.2 Å². The van der Waals surface area contributed by atoms with Crippen LogP contribution in [0.1, 0.15) is 56.7 Å². The zero-order chi connectivity index (χ0) is 24.9. The lowest BCUT2D eigenvalue weighted by molar-refractivity contribution is 0.0598. The quantitative estimate of drug-likeness (QED) is 0.444. The van der Waals surface area contributed by atoms with E-state index in [0.29, 0.717) is 19.4 Å². The first kappa shape index (κ1) is 25.2. The summed E-state index contributed by atoms with van der Waals surface area (Å²) in [5.74, 6) is 0.0401. The number of hydrogen-bond acceptors (Lipinski definition) is 3. The van der Waals surface area contributed by atoms with E-state index in [1.807, 2.05) is 67.6 Å². The molecule has 0 bridgehead atoms. The third-order valence-corrected chi connectivity index (χ3v) is 6.28. The number of rotatable bonds is 9. The van der Waals surface area contributed by atoms with Crippen molar-refractivity contribution < 1.29 is 15.0 Å². The van der Waals surface area contributed by atoms with Crippen LogP contribution in [0.5, 0.6) is 0 Å². The maximum Gasteiger partial charge on any atom is 0.407 e. The van der Waals surface area contributed by atoms with Crippen LogP contribution in [0.4, 0.5) is 4.79 Å². The van der Waals surface area contributed by atoms with Gasteiger partial charge in [-0.15, -0.1) is 0 Å². The van der Waals surface area contributed by atoms with Crippen LogP contribution in [0, 0.1) is 0 Å². The van der Waals surface area contributed by atoms with E-state index in [1.165, 1.54) is 9.47 Å². The number of benzene rings is 2. The first-order chi connectivity index (χ1) is 16.0. The molecule has 3 rings (SSSR count). The van der Waals surface area contributed by atoms with Gasteiger partial charge in [-0.3, -0.25) is 4.79 Å². The van der Waals surface area contributed by atoms with Gasteiger partial charge in [0.15, 0.2) is 0 Å². The third kappa shape index (κ3) is 6.58. The standard InChI is InChI=1S/C28H34N2O4/c1-20(21-10-12-23(13-11-21)24-14-16-29(4)26(31)18-24)30(27(32)33)17-15-25(19-28(2,3)34)22-8-6-5-7-9-22/h5-14,16,18,20,25,34H,15,17,19H2,1-4H3,(H,32,33)/t20-,25+/m0/s1. The van der Waals surface area contributed by atoms with Gasteiger partial charge in [0.05, 0.1) is 11.6 Å². The molecule has 0 fully saturated rings. The SMILES string of the molecule is C[C@@H](c1ccc(-c2ccn(C)c(=O)c2)cc1)N(CC[C@H](CC(C)(C)O)c1ccccc1)C(=O)O. The predicted octanol–water partition coefficient (Wildman–Crippen LogP) is 5.43. The molecule has 0 saturated heterocycles. The molecule has 6 heteroatoms. The Kier molecular flexibility index (Phi) is 7.94. The molecule has 1 amide bonds. The number of aliphatic hydroxyl groups is 1. The number of carbonyl (C=O) groups is 1. The van der Waals surface area contributed by atoms with Crippen molar-refractivity contribution in [1.29, 1.82) is 0 Å². The van der Waals surface area contributed by atoms with Crippen molar-refractivity contribution in [3.05, 3.63) is 94.4 Å². The van der Waals surface area contributed by atoms with Crippen LogP contribution >= 0.6 is 0 Å². The zero-order valence-electron chi connectivity index (χ0n) is 20.3. The van der Waals surface area contributed by atoms with E-state index in [2.05, 4.69) is 0 Å². The number of aromatic nitrogens is 1. The van der Waals surface area contributed by atoms with Crippen LogP contribution in [-0.4, -0.2) is 37.9 Å². The minimum atomic E-state index is -0.974. The Morgan fingerprint density at radius 1 is 1.00 bits per heavy atom. The molecule has 2 atom stereocenters. The fourth-order valence-corrected chi connectivity index (χ4v) is 4.33. The number of carboxylic acid groups (broad SMARTS) is 1. The summed E-state index contributed by atoms with van der Waals surface area (Å²) in [5, 5.41) is 20.4. The van der Waals surface area contributed by atoms with Crippen LogP contribution < -0.4 is 5.56 Å². The highest BCUT2D eigenvalue weighted by Crippen LogP contribution is 2.31. The van der Waals surface area contributed by atoms with Gasteiger partial charge in [-0.1, -0.05) is 54.6 Å². The maximum absolute atomic E-state index is 12.1. The first-order valence-corrected chi connectivity index (χ1v) is 11.6. The second kappa shape index (κ2) is 10.7. The second-order valence-electron chi connectivity index (χ2n) is 9.55. The van der Waals surface area contributed by atoms with E-state index in [0.717, 1.165) is 22.3 Å². The van der Waals surface area contributed by atoms with Crippen LogP contribution in [0.25, 0.3) is 11.1 Å². The molecule has 1 heterocycles. The molecule has 6 nitrogen and oxygen atoms in total. The molecule has 0 aliphatic rings. The molecular weight excluding hydrogens is 428 g/mol. The average Bonchev–Trinajstić information content (AvgIpc) is 2.80. The molecule has 0 aliphatic heterocycles. The molecule has 180 valence electrons. The largest absolute Gasteiger partial charge is 0.465 e. The van der Waals surface area contributed by atoms with Crippen molar-refractivity contribution in [2.45, 2.75) is 51.2 Å². The van der Waals surface area contributed by atoms with Gasteiger partial charge in [0.2, 0.25) is 0 Å². The Labute approximate surface area is 201 Å². The average molecular weight is 463 g/mol. The van der Waals surface area contributed by atoms with Gasteiger partial charge in [0.1, 0.15) is 0 Å².